The van der Waals surface area contributed by atoms with E-state index in [4.69, 9.17) is 0 Å². The van der Waals surface area contributed by atoms with Crippen molar-refractivity contribution in [3.05, 3.63) is 72.2 Å². The van der Waals surface area contributed by atoms with Crippen LogP contribution in [0.4, 0.5) is 0 Å². The molecule has 0 aliphatic carbocycles. The van der Waals surface area contributed by atoms with E-state index in [0.29, 0.717) is 12.1 Å². The van der Waals surface area contributed by atoms with Crippen LogP contribution >= 0.6 is 0 Å². The van der Waals surface area contributed by atoms with Gasteiger partial charge in [-0.3, -0.25) is 14.5 Å². The highest BCUT2D eigenvalue weighted by atomic mass is 16.1. The molecule has 0 aliphatic heterocycles. The van der Waals surface area contributed by atoms with E-state index < -0.39 is 0 Å². The van der Waals surface area contributed by atoms with Crippen molar-refractivity contribution in [1.82, 2.24) is 20.1 Å². The number of benzene rings is 1. The average Bonchev–Trinajstić information content (AvgIpc) is 3.07. The lowest BCUT2D eigenvalue weighted by Crippen LogP contribution is -2.26. The molecule has 1 N–H and O–H groups in total. The quantitative estimate of drug-likeness (QED) is 0.792. The summed E-state index contributed by atoms with van der Waals surface area (Å²) in [5.74, 6) is -0.153. The molecule has 3 aromatic rings. The van der Waals surface area contributed by atoms with Gasteiger partial charge in [0.1, 0.15) is 0 Å². The summed E-state index contributed by atoms with van der Waals surface area (Å²) in [6.07, 6.45) is 3.36. The van der Waals surface area contributed by atoms with Crippen molar-refractivity contribution in [3.63, 3.8) is 0 Å². The number of rotatable bonds is 4. The molecule has 3 rings (SSSR count). The second kappa shape index (κ2) is 6.89. The van der Waals surface area contributed by atoms with Crippen LogP contribution in [0.5, 0.6) is 0 Å². The molecule has 0 unspecified atom stereocenters. The molecule has 0 saturated heterocycles. The van der Waals surface area contributed by atoms with Gasteiger partial charge in [0.15, 0.2) is 0 Å². The molecule has 0 fully saturated rings. The maximum Gasteiger partial charge on any atom is 0.255 e. The molecule has 2 heterocycles. The molecule has 0 spiro atoms. The third-order valence-electron chi connectivity index (χ3n) is 3.85. The summed E-state index contributed by atoms with van der Waals surface area (Å²) in [5, 5.41) is 7.42. The topological polar surface area (TPSA) is 59.8 Å². The average molecular weight is 334 g/mol. The first-order valence-electron chi connectivity index (χ1n) is 8.29. The number of carbonyl (C=O) groups is 1. The van der Waals surface area contributed by atoms with Gasteiger partial charge in [-0.2, -0.15) is 5.10 Å². The fourth-order valence-electron chi connectivity index (χ4n) is 2.67. The number of pyridine rings is 1. The minimum absolute atomic E-state index is 0.153. The third kappa shape index (κ3) is 3.76. The largest absolute Gasteiger partial charge is 0.346 e. The molecule has 25 heavy (non-hydrogen) atoms. The Morgan fingerprint density at radius 3 is 2.44 bits per heavy atom. The van der Waals surface area contributed by atoms with Crippen LogP contribution in [-0.4, -0.2) is 20.7 Å². The zero-order chi connectivity index (χ0) is 17.9. The third-order valence-corrected chi connectivity index (χ3v) is 3.85. The van der Waals surface area contributed by atoms with Gasteiger partial charge in [0.2, 0.25) is 0 Å². The summed E-state index contributed by atoms with van der Waals surface area (Å²) in [4.78, 5) is 17.0. The fraction of sp³-hybridized carbons (Fsp3) is 0.250. The van der Waals surface area contributed by atoms with Crippen LogP contribution < -0.4 is 5.32 Å². The molecule has 0 saturated carbocycles. The zero-order valence-corrected chi connectivity index (χ0v) is 14.7. The van der Waals surface area contributed by atoms with Crippen molar-refractivity contribution >= 4 is 5.91 Å². The predicted molar refractivity (Wildman–Crippen MR) is 98.1 cm³/mol. The Kier molecular flexibility index (Phi) is 4.65. The zero-order valence-electron chi connectivity index (χ0n) is 14.7. The van der Waals surface area contributed by atoms with Crippen LogP contribution in [0.3, 0.4) is 0 Å². The summed E-state index contributed by atoms with van der Waals surface area (Å²) >= 11 is 0. The number of nitrogens with one attached hydrogen (secondary N) is 1. The second-order valence-electron chi connectivity index (χ2n) is 6.86. The maximum absolute atomic E-state index is 12.8. The van der Waals surface area contributed by atoms with Gasteiger partial charge in [0, 0.05) is 11.8 Å². The Bertz CT molecular complexity index is 848. The summed E-state index contributed by atoms with van der Waals surface area (Å²) in [7, 11) is 0. The van der Waals surface area contributed by atoms with Gasteiger partial charge < -0.3 is 5.32 Å². The number of hydrogen-bond acceptors (Lipinski definition) is 3. The second-order valence-corrected chi connectivity index (χ2v) is 6.86. The number of hydrogen-bond donors (Lipinski definition) is 1. The van der Waals surface area contributed by atoms with E-state index in [-0.39, 0.29) is 11.4 Å². The van der Waals surface area contributed by atoms with Gasteiger partial charge in [-0.15, -0.1) is 0 Å². The summed E-state index contributed by atoms with van der Waals surface area (Å²) < 4.78 is 1.90. The number of aromatic nitrogens is 3. The van der Waals surface area contributed by atoms with E-state index in [9.17, 15) is 4.79 Å². The van der Waals surface area contributed by atoms with Crippen molar-refractivity contribution in [1.29, 1.82) is 0 Å². The van der Waals surface area contributed by atoms with Gasteiger partial charge in [-0.25, -0.2) is 0 Å². The minimum Gasteiger partial charge on any atom is -0.346 e. The van der Waals surface area contributed by atoms with Crippen molar-refractivity contribution in [2.24, 2.45) is 0 Å². The number of carbonyl (C=O) groups excluding carboxylic acids is 1. The first kappa shape index (κ1) is 16.9. The van der Waals surface area contributed by atoms with Crippen LogP contribution in [0.25, 0.3) is 11.3 Å². The van der Waals surface area contributed by atoms with Crippen LogP contribution in [-0.2, 0) is 12.1 Å². The lowest BCUT2D eigenvalue weighted by atomic mass is 10.0. The summed E-state index contributed by atoms with van der Waals surface area (Å²) in [6, 6.07) is 15.5. The van der Waals surface area contributed by atoms with Gasteiger partial charge in [-0.1, -0.05) is 36.4 Å². The van der Waals surface area contributed by atoms with Crippen molar-refractivity contribution in [2.45, 2.75) is 32.9 Å². The summed E-state index contributed by atoms with van der Waals surface area (Å²) in [6.45, 7) is 6.60. The van der Waals surface area contributed by atoms with Crippen LogP contribution in [0.1, 0.15) is 36.8 Å². The molecule has 0 bridgehead atoms. The van der Waals surface area contributed by atoms with Crippen LogP contribution in [0.15, 0.2) is 60.9 Å². The Morgan fingerprint density at radius 1 is 1.08 bits per heavy atom. The number of amides is 1. The van der Waals surface area contributed by atoms with E-state index in [1.54, 1.807) is 12.4 Å². The van der Waals surface area contributed by atoms with Crippen molar-refractivity contribution in [3.8, 4) is 11.3 Å². The molecule has 5 heteroatoms. The Morgan fingerprint density at radius 2 is 1.80 bits per heavy atom. The molecule has 0 atom stereocenters. The van der Waals surface area contributed by atoms with Crippen molar-refractivity contribution < 1.29 is 4.79 Å². The molecule has 2 aromatic heterocycles. The molecule has 5 nitrogen and oxygen atoms in total. The van der Waals surface area contributed by atoms with Crippen LogP contribution in [0, 0.1) is 0 Å². The first-order chi connectivity index (χ1) is 12.0. The highest BCUT2D eigenvalue weighted by Gasteiger charge is 2.25. The summed E-state index contributed by atoms with van der Waals surface area (Å²) in [5.41, 5.74) is 2.95. The molecule has 128 valence electrons. The van der Waals surface area contributed by atoms with Gasteiger partial charge >= 0.3 is 0 Å². The molecule has 1 amide bonds. The standard InChI is InChI=1S/C20H22N4O/c1-20(2,3)24-18(15-9-5-4-6-10-15)17(14-23-24)19(25)22-13-16-11-7-8-12-21-16/h4-12,14H,13H2,1-3H3,(H,22,25). The molecule has 1 aromatic carbocycles. The highest BCUT2D eigenvalue weighted by Crippen LogP contribution is 2.28. The van der Waals surface area contributed by atoms with E-state index in [1.807, 2.05) is 53.2 Å². The lowest BCUT2D eigenvalue weighted by molar-refractivity contribution is 0.0951. The predicted octanol–water partition coefficient (Wildman–Crippen LogP) is 3.63. The highest BCUT2D eigenvalue weighted by molar-refractivity contribution is 5.99. The van der Waals surface area contributed by atoms with Gasteiger partial charge in [-0.05, 0) is 32.9 Å². The normalized spacial score (nSPS) is 11.3. The molecule has 0 radical (unpaired) electrons. The van der Waals surface area contributed by atoms with E-state index >= 15 is 0 Å². The van der Waals surface area contributed by atoms with Crippen LogP contribution in [0.2, 0.25) is 0 Å². The Balaban J connectivity index is 1.93. The van der Waals surface area contributed by atoms with E-state index in [2.05, 4.69) is 36.2 Å². The lowest BCUT2D eigenvalue weighted by Gasteiger charge is -2.23. The van der Waals surface area contributed by atoms with E-state index in [1.165, 1.54) is 0 Å². The van der Waals surface area contributed by atoms with Gasteiger partial charge in [0.05, 0.1) is 35.2 Å². The number of nitrogens with zero attached hydrogens (tertiary/aromatic N) is 3. The van der Waals surface area contributed by atoms with Crippen molar-refractivity contribution in [2.75, 3.05) is 0 Å². The molecular weight excluding hydrogens is 312 g/mol. The first-order valence-corrected chi connectivity index (χ1v) is 8.29. The molecular formula is C20H22N4O. The molecule has 0 aliphatic rings. The Labute approximate surface area is 147 Å². The van der Waals surface area contributed by atoms with Gasteiger partial charge in [0.25, 0.3) is 5.91 Å². The SMILES string of the molecule is CC(C)(C)n1ncc(C(=O)NCc2ccccn2)c1-c1ccccc1. The smallest absolute Gasteiger partial charge is 0.255 e. The monoisotopic (exact) mass is 334 g/mol. The maximum atomic E-state index is 12.8. The minimum atomic E-state index is -0.231. The fourth-order valence-corrected chi connectivity index (χ4v) is 2.67. The van der Waals surface area contributed by atoms with E-state index in [0.717, 1.165) is 17.0 Å². The Hall–Kier alpha value is -2.95.